The third-order valence-corrected chi connectivity index (χ3v) is 9.22. The number of hydrogen-bond acceptors (Lipinski definition) is 9. The van der Waals surface area contributed by atoms with E-state index in [0.29, 0.717) is 24.3 Å². The first kappa shape index (κ1) is 24.2. The lowest BCUT2D eigenvalue weighted by Crippen LogP contribution is -2.27. The van der Waals surface area contributed by atoms with Crippen LogP contribution in [0.3, 0.4) is 0 Å². The van der Waals surface area contributed by atoms with E-state index in [1.165, 1.54) is 18.2 Å². The van der Waals surface area contributed by atoms with E-state index in [1.807, 2.05) is 0 Å². The molecule has 0 bridgehead atoms. The van der Waals surface area contributed by atoms with Crippen LogP contribution < -0.4 is 0 Å². The van der Waals surface area contributed by atoms with Crippen molar-refractivity contribution in [3.8, 4) is 34.5 Å². The lowest BCUT2D eigenvalue weighted by Gasteiger charge is -2.40. The summed E-state index contributed by atoms with van der Waals surface area (Å²) in [6.45, 7) is 0. The van der Waals surface area contributed by atoms with Gasteiger partial charge < -0.3 is 30.6 Å². The van der Waals surface area contributed by atoms with E-state index in [9.17, 15) is 52.2 Å². The van der Waals surface area contributed by atoms with Crippen LogP contribution in [0.4, 0.5) is 13.2 Å². The molecule has 33 heavy (non-hydrogen) atoms. The summed E-state index contributed by atoms with van der Waals surface area (Å²) >= 11 is 0. The van der Waals surface area contributed by atoms with Crippen LogP contribution in [-0.4, -0.2) is 44.6 Å². The van der Waals surface area contributed by atoms with Crippen LogP contribution in [0.2, 0.25) is 0 Å². The zero-order valence-electron chi connectivity index (χ0n) is 16.1. The van der Waals surface area contributed by atoms with Crippen molar-refractivity contribution >= 4 is 20.4 Å². The standard InChI is InChI=1S/C19H15F3O9S2/c20-19(21,22)33(29,30)31-32(12-4-2-1-3-5-12,17-13(25)6-10(23)7-14(17)26)18-15(27)8-11(24)9-16(18)28/h1-9,23-28H. The van der Waals surface area contributed by atoms with Crippen molar-refractivity contribution in [2.45, 2.75) is 20.2 Å². The van der Waals surface area contributed by atoms with Crippen molar-refractivity contribution < 1.29 is 55.9 Å². The van der Waals surface area contributed by atoms with Gasteiger partial charge in [-0.05, 0) is 22.4 Å². The Labute approximate surface area is 185 Å². The molecule has 0 radical (unpaired) electrons. The van der Waals surface area contributed by atoms with Gasteiger partial charge in [-0.3, -0.25) is 0 Å². The van der Waals surface area contributed by atoms with Crippen molar-refractivity contribution in [1.82, 2.24) is 0 Å². The quantitative estimate of drug-likeness (QED) is 0.280. The van der Waals surface area contributed by atoms with Gasteiger partial charge in [0.25, 0.3) is 0 Å². The molecule has 0 amide bonds. The molecule has 6 N–H and O–H groups in total. The summed E-state index contributed by atoms with van der Waals surface area (Å²) in [5.41, 5.74) is -6.00. The fourth-order valence-electron chi connectivity index (χ4n) is 2.99. The van der Waals surface area contributed by atoms with Gasteiger partial charge in [0, 0.05) is 29.2 Å². The summed E-state index contributed by atoms with van der Waals surface area (Å²) in [6, 6.07) is 8.37. The molecule has 9 nitrogen and oxygen atoms in total. The van der Waals surface area contributed by atoms with Gasteiger partial charge in [-0.1, -0.05) is 18.2 Å². The molecule has 3 aromatic rings. The molecule has 0 aliphatic heterocycles. The van der Waals surface area contributed by atoms with E-state index < -0.39 is 75.1 Å². The molecule has 0 heterocycles. The number of halogens is 3. The molecule has 178 valence electrons. The molecule has 3 rings (SSSR count). The monoisotopic (exact) mass is 508 g/mol. The Morgan fingerprint density at radius 3 is 1.36 bits per heavy atom. The first-order chi connectivity index (χ1) is 15.2. The Kier molecular flexibility index (Phi) is 5.95. The molecule has 0 aliphatic rings. The Hall–Kier alpha value is -3.49. The third-order valence-electron chi connectivity index (χ3n) is 4.19. The molecule has 0 spiro atoms. The van der Waals surface area contributed by atoms with Crippen LogP contribution in [0, 0.1) is 0 Å². The SMILES string of the molecule is O=S(=O)(OS(c1ccccc1)(c1c(O)cc(O)cc1O)c1c(O)cc(O)cc1O)C(F)(F)F. The Balaban J connectivity index is 2.62. The van der Waals surface area contributed by atoms with Crippen molar-refractivity contribution in [3.63, 3.8) is 0 Å². The van der Waals surface area contributed by atoms with Crippen LogP contribution in [0.15, 0.2) is 69.3 Å². The van der Waals surface area contributed by atoms with Crippen LogP contribution in [0.5, 0.6) is 34.5 Å². The Bertz CT molecular complexity index is 1210. The van der Waals surface area contributed by atoms with E-state index >= 15 is 0 Å². The molecule has 0 saturated heterocycles. The Morgan fingerprint density at radius 2 is 1.03 bits per heavy atom. The largest absolute Gasteiger partial charge is 0.524 e. The molecule has 3 aromatic carbocycles. The lowest BCUT2D eigenvalue weighted by molar-refractivity contribution is -0.0496. The van der Waals surface area contributed by atoms with E-state index in [4.69, 9.17) is 0 Å². The lowest BCUT2D eigenvalue weighted by atomic mass is 10.3. The van der Waals surface area contributed by atoms with Gasteiger partial charge >= 0.3 is 15.6 Å². The van der Waals surface area contributed by atoms with E-state index in [-0.39, 0.29) is 0 Å². The predicted octanol–water partition coefficient (Wildman–Crippen LogP) is 3.98. The fraction of sp³-hybridized carbons (Fsp3) is 0.0526. The first-order valence-electron chi connectivity index (χ1n) is 8.61. The normalized spacial score (nSPS) is 13.1. The van der Waals surface area contributed by atoms with Gasteiger partial charge in [0.15, 0.2) is 0 Å². The summed E-state index contributed by atoms with van der Waals surface area (Å²) in [7, 11) is -11.1. The number of alkyl halides is 3. The zero-order chi connectivity index (χ0) is 24.8. The number of benzene rings is 3. The molecule has 0 aromatic heterocycles. The van der Waals surface area contributed by atoms with Gasteiger partial charge in [-0.25, -0.2) is 0 Å². The van der Waals surface area contributed by atoms with Gasteiger partial charge in [0.05, 0.1) is 0 Å². The smallest absolute Gasteiger partial charge is 0.508 e. The predicted molar refractivity (Wildman–Crippen MR) is 108 cm³/mol. The minimum absolute atomic E-state index is 0.426. The van der Waals surface area contributed by atoms with Gasteiger partial charge in [0.2, 0.25) is 0 Å². The van der Waals surface area contributed by atoms with E-state index in [0.717, 1.165) is 12.1 Å². The van der Waals surface area contributed by atoms with E-state index in [2.05, 4.69) is 3.63 Å². The number of aromatic hydroxyl groups is 6. The van der Waals surface area contributed by atoms with Crippen molar-refractivity contribution in [2.24, 2.45) is 0 Å². The van der Waals surface area contributed by atoms with Crippen LogP contribution in [0.25, 0.3) is 0 Å². The minimum atomic E-state index is -6.52. The van der Waals surface area contributed by atoms with Crippen LogP contribution in [0.1, 0.15) is 0 Å². The number of phenols is 6. The highest BCUT2D eigenvalue weighted by Gasteiger charge is 2.55. The van der Waals surface area contributed by atoms with Gasteiger partial charge in [0.1, 0.15) is 44.3 Å². The first-order valence-corrected chi connectivity index (χ1v) is 11.6. The topological polar surface area (TPSA) is 165 Å². The zero-order valence-corrected chi connectivity index (χ0v) is 17.7. The summed E-state index contributed by atoms with van der Waals surface area (Å²) in [6.07, 6.45) is 0. The summed E-state index contributed by atoms with van der Waals surface area (Å²) < 4.78 is 69.3. The summed E-state index contributed by atoms with van der Waals surface area (Å²) in [5.74, 6) is -5.95. The second-order valence-electron chi connectivity index (χ2n) is 6.46. The summed E-state index contributed by atoms with van der Waals surface area (Å²) in [4.78, 5) is -2.41. The number of phenolic OH excluding ortho intramolecular Hbond substituents is 6. The van der Waals surface area contributed by atoms with Gasteiger partial charge in [-0.2, -0.15) is 25.2 Å². The molecular weight excluding hydrogens is 493 g/mol. The van der Waals surface area contributed by atoms with E-state index in [1.54, 1.807) is 0 Å². The Morgan fingerprint density at radius 1 is 0.667 bits per heavy atom. The average Bonchev–Trinajstić information content (AvgIpc) is 2.65. The third kappa shape index (κ3) is 4.15. The minimum Gasteiger partial charge on any atom is -0.508 e. The molecular formula is C19H15F3O9S2. The van der Waals surface area contributed by atoms with Gasteiger partial charge in [-0.15, -0.1) is 0 Å². The van der Waals surface area contributed by atoms with Crippen molar-refractivity contribution in [2.75, 3.05) is 0 Å². The average molecular weight is 508 g/mol. The maximum Gasteiger partial charge on any atom is 0.524 e. The highest BCUT2D eigenvalue weighted by molar-refractivity contribution is 8.33. The highest BCUT2D eigenvalue weighted by Crippen LogP contribution is 2.77. The molecule has 0 atom stereocenters. The maximum atomic E-state index is 13.4. The molecule has 0 aliphatic carbocycles. The second-order valence-corrected chi connectivity index (χ2v) is 10.8. The molecule has 0 fully saturated rings. The number of hydrogen-bond donors (Lipinski definition) is 6. The summed E-state index contributed by atoms with van der Waals surface area (Å²) in [5, 5.41) is 61.3. The highest BCUT2D eigenvalue weighted by atomic mass is 32.3. The van der Waals surface area contributed by atoms with Crippen LogP contribution >= 0.6 is 10.3 Å². The van der Waals surface area contributed by atoms with Crippen molar-refractivity contribution in [3.05, 3.63) is 54.6 Å². The van der Waals surface area contributed by atoms with Crippen LogP contribution in [-0.2, 0) is 13.7 Å². The fourth-order valence-corrected chi connectivity index (χ4v) is 7.86. The molecule has 14 heteroatoms. The maximum absolute atomic E-state index is 13.4. The second kappa shape index (κ2) is 8.13. The molecule has 0 unspecified atom stereocenters. The van der Waals surface area contributed by atoms with Crippen molar-refractivity contribution in [1.29, 1.82) is 0 Å². The number of rotatable bonds is 5. The molecule has 0 saturated carbocycles.